The quantitative estimate of drug-likeness (QED) is 0.461. The smallest absolute Gasteiger partial charge is 0.254 e. The van der Waals surface area contributed by atoms with Crippen LogP contribution in [0, 0.1) is 6.92 Å². The fourth-order valence-corrected chi connectivity index (χ4v) is 3.86. The molecule has 1 saturated carbocycles. The van der Waals surface area contributed by atoms with Crippen molar-refractivity contribution < 1.29 is 18.7 Å². The normalized spacial score (nSPS) is 12.9. The minimum atomic E-state index is -0.120. The van der Waals surface area contributed by atoms with Gasteiger partial charge >= 0.3 is 0 Å². The first-order chi connectivity index (χ1) is 16.0. The molecule has 0 atom stereocenters. The molecule has 4 rings (SSSR count). The number of hydrogen-bond acceptors (Lipinski definition) is 4. The molecule has 0 bridgehead atoms. The minimum Gasteiger partial charge on any atom is -0.497 e. The molecule has 3 aromatic rings. The Hall–Kier alpha value is -3.54. The van der Waals surface area contributed by atoms with E-state index in [1.807, 2.05) is 37.3 Å². The fraction of sp³-hybridized carbons (Fsp3) is 0.333. The van der Waals surface area contributed by atoms with E-state index in [2.05, 4.69) is 12.1 Å². The second kappa shape index (κ2) is 10.4. The standard InChI is InChI=1S/C27H30N2O4/c1-20-8-13-25(33-20)18-28(17-16-21-6-4-3-5-7-21)26(30)19-29(23-11-12-23)27(31)22-9-14-24(32-2)15-10-22/h3-10,13-15,23H,11-12,16-19H2,1-2H3. The van der Waals surface area contributed by atoms with Crippen LogP contribution in [0.1, 0.15) is 40.3 Å². The lowest BCUT2D eigenvalue weighted by molar-refractivity contribution is -0.132. The fourth-order valence-electron chi connectivity index (χ4n) is 3.86. The summed E-state index contributed by atoms with van der Waals surface area (Å²) in [5.41, 5.74) is 1.73. The average molecular weight is 447 g/mol. The lowest BCUT2D eigenvalue weighted by atomic mass is 10.1. The first kappa shape index (κ1) is 22.6. The Morgan fingerprint density at radius 3 is 2.33 bits per heavy atom. The van der Waals surface area contributed by atoms with E-state index in [0.717, 1.165) is 30.8 Å². The van der Waals surface area contributed by atoms with Crippen molar-refractivity contribution in [3.05, 3.63) is 89.4 Å². The molecule has 0 spiro atoms. The largest absolute Gasteiger partial charge is 0.497 e. The molecular weight excluding hydrogens is 416 g/mol. The topological polar surface area (TPSA) is 63.0 Å². The van der Waals surface area contributed by atoms with Crippen molar-refractivity contribution in [2.45, 2.75) is 38.8 Å². The third-order valence-electron chi connectivity index (χ3n) is 5.90. The molecule has 6 heteroatoms. The van der Waals surface area contributed by atoms with Crippen LogP contribution in [0.2, 0.25) is 0 Å². The summed E-state index contributed by atoms with van der Waals surface area (Å²) in [6.45, 7) is 2.89. The highest BCUT2D eigenvalue weighted by Gasteiger charge is 2.35. The van der Waals surface area contributed by atoms with E-state index in [4.69, 9.17) is 9.15 Å². The van der Waals surface area contributed by atoms with Crippen LogP contribution in [0.3, 0.4) is 0 Å². The van der Waals surface area contributed by atoms with Crippen molar-refractivity contribution in [3.8, 4) is 5.75 Å². The van der Waals surface area contributed by atoms with Gasteiger partial charge in [0.1, 0.15) is 23.8 Å². The van der Waals surface area contributed by atoms with Crippen LogP contribution >= 0.6 is 0 Å². The van der Waals surface area contributed by atoms with Crippen LogP contribution in [0.25, 0.3) is 0 Å². The van der Waals surface area contributed by atoms with Gasteiger partial charge in [-0.2, -0.15) is 0 Å². The SMILES string of the molecule is COc1ccc(C(=O)N(CC(=O)N(CCc2ccccc2)Cc2ccc(C)o2)C2CC2)cc1. The monoisotopic (exact) mass is 446 g/mol. The van der Waals surface area contributed by atoms with E-state index in [0.29, 0.717) is 24.4 Å². The van der Waals surface area contributed by atoms with Crippen molar-refractivity contribution in [1.29, 1.82) is 0 Å². The summed E-state index contributed by atoms with van der Waals surface area (Å²) in [5, 5.41) is 0. The minimum absolute atomic E-state index is 0.0595. The van der Waals surface area contributed by atoms with Crippen LogP contribution in [-0.2, 0) is 17.8 Å². The number of amides is 2. The van der Waals surface area contributed by atoms with Gasteiger partial charge in [0.05, 0.1) is 13.7 Å². The van der Waals surface area contributed by atoms with Gasteiger partial charge in [0.15, 0.2) is 0 Å². The molecule has 2 amide bonds. The third kappa shape index (κ3) is 6.04. The molecule has 2 aromatic carbocycles. The number of furan rings is 1. The van der Waals surface area contributed by atoms with Gasteiger partial charge < -0.3 is 19.0 Å². The van der Waals surface area contributed by atoms with Crippen molar-refractivity contribution in [2.75, 3.05) is 20.2 Å². The average Bonchev–Trinajstić information content (AvgIpc) is 3.61. The van der Waals surface area contributed by atoms with Gasteiger partial charge in [0.2, 0.25) is 5.91 Å². The molecular formula is C27H30N2O4. The first-order valence-corrected chi connectivity index (χ1v) is 11.4. The second-order valence-corrected chi connectivity index (χ2v) is 8.46. The van der Waals surface area contributed by atoms with Crippen LogP contribution in [0.15, 0.2) is 71.1 Å². The Morgan fingerprint density at radius 1 is 1.00 bits per heavy atom. The Labute approximate surface area is 194 Å². The Morgan fingerprint density at radius 2 is 1.73 bits per heavy atom. The molecule has 0 aliphatic heterocycles. The zero-order valence-corrected chi connectivity index (χ0v) is 19.2. The molecule has 0 N–H and O–H groups in total. The lowest BCUT2D eigenvalue weighted by Gasteiger charge is -2.27. The molecule has 0 unspecified atom stereocenters. The molecule has 0 radical (unpaired) electrons. The van der Waals surface area contributed by atoms with Gasteiger partial charge in [0, 0.05) is 18.2 Å². The molecule has 172 valence electrons. The number of hydrogen-bond donors (Lipinski definition) is 0. The van der Waals surface area contributed by atoms with Crippen molar-refractivity contribution >= 4 is 11.8 Å². The number of carbonyl (C=O) groups is 2. The second-order valence-electron chi connectivity index (χ2n) is 8.46. The molecule has 1 aliphatic rings. The maximum absolute atomic E-state index is 13.4. The highest BCUT2D eigenvalue weighted by Crippen LogP contribution is 2.29. The lowest BCUT2D eigenvalue weighted by Crippen LogP contribution is -2.44. The molecule has 1 aliphatic carbocycles. The number of carbonyl (C=O) groups excluding carboxylic acids is 2. The zero-order chi connectivity index (χ0) is 23.2. The third-order valence-corrected chi connectivity index (χ3v) is 5.90. The van der Waals surface area contributed by atoms with Gasteiger partial charge in [0.25, 0.3) is 5.91 Å². The first-order valence-electron chi connectivity index (χ1n) is 11.4. The van der Waals surface area contributed by atoms with Gasteiger partial charge in [-0.3, -0.25) is 9.59 Å². The Bertz CT molecular complexity index is 1070. The Balaban J connectivity index is 1.48. The number of ether oxygens (including phenoxy) is 1. The van der Waals surface area contributed by atoms with Crippen LogP contribution in [-0.4, -0.2) is 47.9 Å². The van der Waals surface area contributed by atoms with E-state index in [-0.39, 0.29) is 24.4 Å². The maximum Gasteiger partial charge on any atom is 0.254 e. The Kier molecular flexibility index (Phi) is 7.13. The van der Waals surface area contributed by atoms with Gasteiger partial charge in [-0.1, -0.05) is 30.3 Å². The van der Waals surface area contributed by atoms with Gasteiger partial charge in [-0.25, -0.2) is 0 Å². The molecule has 33 heavy (non-hydrogen) atoms. The number of methoxy groups -OCH3 is 1. The summed E-state index contributed by atoms with van der Waals surface area (Å²) < 4.78 is 10.9. The highest BCUT2D eigenvalue weighted by molar-refractivity contribution is 5.97. The summed E-state index contributed by atoms with van der Waals surface area (Å²) in [5.74, 6) is 2.06. The van der Waals surface area contributed by atoms with E-state index >= 15 is 0 Å². The van der Waals surface area contributed by atoms with Crippen LogP contribution < -0.4 is 4.74 Å². The summed E-state index contributed by atoms with van der Waals surface area (Å²) in [4.78, 5) is 30.2. The zero-order valence-electron chi connectivity index (χ0n) is 19.2. The maximum atomic E-state index is 13.4. The number of nitrogens with zero attached hydrogens (tertiary/aromatic N) is 2. The number of rotatable bonds is 10. The van der Waals surface area contributed by atoms with E-state index in [1.165, 1.54) is 5.56 Å². The van der Waals surface area contributed by atoms with E-state index in [1.54, 1.807) is 41.2 Å². The van der Waals surface area contributed by atoms with Gasteiger partial charge in [-0.15, -0.1) is 0 Å². The van der Waals surface area contributed by atoms with Crippen molar-refractivity contribution in [3.63, 3.8) is 0 Å². The summed E-state index contributed by atoms with van der Waals surface area (Å²) in [6.07, 6.45) is 2.59. The molecule has 1 fully saturated rings. The summed E-state index contributed by atoms with van der Waals surface area (Å²) in [7, 11) is 1.59. The molecule has 0 saturated heterocycles. The van der Waals surface area contributed by atoms with Crippen LogP contribution in [0.5, 0.6) is 5.75 Å². The van der Waals surface area contributed by atoms with E-state index < -0.39 is 0 Å². The molecule has 6 nitrogen and oxygen atoms in total. The predicted molar refractivity (Wildman–Crippen MR) is 126 cm³/mol. The number of benzene rings is 2. The van der Waals surface area contributed by atoms with Gasteiger partial charge in [-0.05, 0) is 68.1 Å². The summed E-state index contributed by atoms with van der Waals surface area (Å²) >= 11 is 0. The molecule has 1 aromatic heterocycles. The van der Waals surface area contributed by atoms with Crippen LogP contribution in [0.4, 0.5) is 0 Å². The highest BCUT2D eigenvalue weighted by atomic mass is 16.5. The van der Waals surface area contributed by atoms with Crippen molar-refractivity contribution in [2.24, 2.45) is 0 Å². The molecule has 1 heterocycles. The number of aryl methyl sites for hydroxylation is 1. The predicted octanol–water partition coefficient (Wildman–Crippen LogP) is 4.47. The van der Waals surface area contributed by atoms with Crippen molar-refractivity contribution in [1.82, 2.24) is 9.80 Å². The summed E-state index contributed by atoms with van der Waals surface area (Å²) in [6, 6.07) is 21.1. The van der Waals surface area contributed by atoms with E-state index in [9.17, 15) is 9.59 Å².